The first-order valence-electron chi connectivity index (χ1n) is 6.29. The molecule has 0 aliphatic rings. The summed E-state index contributed by atoms with van der Waals surface area (Å²) in [7, 11) is 1.90. The SMILES string of the molecule is CNCc1cccc(NC(=O)CCn2cccn2)c1. The van der Waals surface area contributed by atoms with E-state index in [-0.39, 0.29) is 5.91 Å². The zero-order valence-electron chi connectivity index (χ0n) is 11.0. The molecule has 5 nitrogen and oxygen atoms in total. The van der Waals surface area contributed by atoms with Crippen molar-refractivity contribution in [3.8, 4) is 0 Å². The van der Waals surface area contributed by atoms with E-state index >= 15 is 0 Å². The van der Waals surface area contributed by atoms with E-state index in [9.17, 15) is 4.79 Å². The van der Waals surface area contributed by atoms with Crippen LogP contribution in [0.1, 0.15) is 12.0 Å². The highest BCUT2D eigenvalue weighted by atomic mass is 16.1. The fraction of sp³-hybridized carbons (Fsp3) is 0.286. The first kappa shape index (κ1) is 13.3. The number of benzene rings is 1. The number of carbonyl (C=O) groups is 1. The fourth-order valence-electron chi connectivity index (χ4n) is 1.84. The zero-order chi connectivity index (χ0) is 13.5. The summed E-state index contributed by atoms with van der Waals surface area (Å²) in [5.41, 5.74) is 1.98. The lowest BCUT2D eigenvalue weighted by molar-refractivity contribution is -0.116. The molecule has 100 valence electrons. The lowest BCUT2D eigenvalue weighted by Gasteiger charge is -2.07. The molecule has 1 aromatic heterocycles. The summed E-state index contributed by atoms with van der Waals surface area (Å²) in [5.74, 6) is -0.00268. The van der Waals surface area contributed by atoms with Crippen molar-refractivity contribution < 1.29 is 4.79 Å². The molecule has 2 aromatic rings. The van der Waals surface area contributed by atoms with Crippen molar-refractivity contribution in [3.63, 3.8) is 0 Å². The third kappa shape index (κ3) is 4.22. The second kappa shape index (κ2) is 6.70. The Balaban J connectivity index is 1.86. The van der Waals surface area contributed by atoms with Crippen LogP contribution in [-0.2, 0) is 17.9 Å². The molecular formula is C14H18N4O. The summed E-state index contributed by atoms with van der Waals surface area (Å²) in [6, 6.07) is 9.68. The van der Waals surface area contributed by atoms with Crippen LogP contribution in [0.15, 0.2) is 42.7 Å². The Morgan fingerprint density at radius 1 is 1.37 bits per heavy atom. The van der Waals surface area contributed by atoms with Crippen LogP contribution < -0.4 is 10.6 Å². The highest BCUT2D eigenvalue weighted by Crippen LogP contribution is 2.10. The number of nitrogens with zero attached hydrogens (tertiary/aromatic N) is 2. The summed E-state index contributed by atoms with van der Waals surface area (Å²) < 4.78 is 1.75. The van der Waals surface area contributed by atoms with E-state index in [0.29, 0.717) is 13.0 Å². The smallest absolute Gasteiger partial charge is 0.226 e. The van der Waals surface area contributed by atoms with Crippen molar-refractivity contribution in [2.45, 2.75) is 19.5 Å². The molecule has 2 N–H and O–H groups in total. The Morgan fingerprint density at radius 3 is 3.00 bits per heavy atom. The van der Waals surface area contributed by atoms with Crippen LogP contribution in [0.4, 0.5) is 5.69 Å². The Morgan fingerprint density at radius 2 is 2.26 bits per heavy atom. The second-order valence-corrected chi connectivity index (χ2v) is 4.30. The van der Waals surface area contributed by atoms with Crippen molar-refractivity contribution in [1.82, 2.24) is 15.1 Å². The van der Waals surface area contributed by atoms with E-state index in [4.69, 9.17) is 0 Å². The molecule has 0 atom stereocenters. The number of hydrogen-bond donors (Lipinski definition) is 2. The molecule has 2 rings (SSSR count). The number of rotatable bonds is 6. The summed E-state index contributed by atoms with van der Waals surface area (Å²) in [6.45, 7) is 1.38. The van der Waals surface area contributed by atoms with Gasteiger partial charge >= 0.3 is 0 Å². The molecule has 0 saturated carbocycles. The Labute approximate surface area is 112 Å². The Kier molecular flexibility index (Phi) is 4.69. The Bertz CT molecular complexity index is 522. The number of aromatic nitrogens is 2. The van der Waals surface area contributed by atoms with Gasteiger partial charge in [0.1, 0.15) is 0 Å². The molecule has 1 heterocycles. The summed E-state index contributed by atoms with van der Waals surface area (Å²) in [5, 5.41) is 10.0. The molecule has 0 aliphatic carbocycles. The summed E-state index contributed by atoms with van der Waals surface area (Å²) >= 11 is 0. The zero-order valence-corrected chi connectivity index (χ0v) is 11.0. The normalized spacial score (nSPS) is 10.4. The number of hydrogen-bond acceptors (Lipinski definition) is 3. The highest BCUT2D eigenvalue weighted by Gasteiger charge is 2.03. The van der Waals surface area contributed by atoms with Gasteiger partial charge in [-0.15, -0.1) is 0 Å². The lowest BCUT2D eigenvalue weighted by Crippen LogP contribution is -2.15. The topological polar surface area (TPSA) is 58.9 Å². The molecule has 0 aliphatic heterocycles. The van der Waals surface area contributed by atoms with Crippen molar-refractivity contribution in [1.29, 1.82) is 0 Å². The summed E-state index contributed by atoms with van der Waals surface area (Å²) in [4.78, 5) is 11.8. The molecule has 0 fully saturated rings. The predicted octanol–water partition coefficient (Wildman–Crippen LogP) is 1.63. The van der Waals surface area contributed by atoms with Gasteiger partial charge in [0.05, 0.1) is 0 Å². The average molecular weight is 258 g/mol. The maximum Gasteiger partial charge on any atom is 0.226 e. The maximum absolute atomic E-state index is 11.8. The van der Waals surface area contributed by atoms with E-state index in [1.54, 1.807) is 10.9 Å². The molecule has 1 amide bonds. The van der Waals surface area contributed by atoms with E-state index < -0.39 is 0 Å². The van der Waals surface area contributed by atoms with Crippen molar-refractivity contribution in [2.24, 2.45) is 0 Å². The van der Waals surface area contributed by atoms with Gasteiger partial charge in [-0.05, 0) is 30.8 Å². The lowest BCUT2D eigenvalue weighted by atomic mass is 10.2. The van der Waals surface area contributed by atoms with Gasteiger partial charge in [0.25, 0.3) is 0 Å². The first-order valence-corrected chi connectivity index (χ1v) is 6.29. The minimum atomic E-state index is -0.00268. The molecule has 0 bridgehead atoms. The maximum atomic E-state index is 11.8. The Hall–Kier alpha value is -2.14. The van der Waals surface area contributed by atoms with Gasteiger partial charge in [0.2, 0.25) is 5.91 Å². The molecule has 0 spiro atoms. The van der Waals surface area contributed by atoms with Crippen LogP contribution in [0.3, 0.4) is 0 Å². The number of anilines is 1. The van der Waals surface area contributed by atoms with E-state index in [0.717, 1.165) is 17.8 Å². The van der Waals surface area contributed by atoms with Crippen LogP contribution in [0.5, 0.6) is 0 Å². The molecular weight excluding hydrogens is 240 g/mol. The first-order chi connectivity index (χ1) is 9.28. The minimum absolute atomic E-state index is 0.00268. The number of nitrogens with one attached hydrogen (secondary N) is 2. The minimum Gasteiger partial charge on any atom is -0.326 e. The monoisotopic (exact) mass is 258 g/mol. The average Bonchev–Trinajstić information content (AvgIpc) is 2.90. The van der Waals surface area contributed by atoms with Crippen LogP contribution in [0, 0.1) is 0 Å². The van der Waals surface area contributed by atoms with Crippen molar-refractivity contribution in [3.05, 3.63) is 48.3 Å². The van der Waals surface area contributed by atoms with Gasteiger partial charge in [0.15, 0.2) is 0 Å². The fourth-order valence-corrected chi connectivity index (χ4v) is 1.84. The third-order valence-corrected chi connectivity index (χ3v) is 2.72. The van der Waals surface area contributed by atoms with Gasteiger partial charge < -0.3 is 10.6 Å². The van der Waals surface area contributed by atoms with E-state index in [1.807, 2.05) is 43.6 Å². The van der Waals surface area contributed by atoms with Gasteiger partial charge in [-0.25, -0.2) is 0 Å². The van der Waals surface area contributed by atoms with Crippen LogP contribution in [0.25, 0.3) is 0 Å². The molecule has 0 radical (unpaired) electrons. The largest absolute Gasteiger partial charge is 0.326 e. The quantitative estimate of drug-likeness (QED) is 0.828. The van der Waals surface area contributed by atoms with Gasteiger partial charge in [-0.2, -0.15) is 5.10 Å². The van der Waals surface area contributed by atoms with Crippen molar-refractivity contribution in [2.75, 3.05) is 12.4 Å². The number of aryl methyl sites for hydroxylation is 1. The van der Waals surface area contributed by atoms with Crippen LogP contribution in [-0.4, -0.2) is 22.7 Å². The molecule has 0 unspecified atom stereocenters. The number of carbonyl (C=O) groups excluding carboxylic acids is 1. The standard InChI is InChI=1S/C14H18N4O/c1-15-11-12-4-2-5-13(10-12)17-14(19)6-9-18-8-3-7-16-18/h2-5,7-8,10,15H,6,9,11H2,1H3,(H,17,19). The number of amides is 1. The van der Waals surface area contributed by atoms with Crippen molar-refractivity contribution >= 4 is 11.6 Å². The van der Waals surface area contributed by atoms with Gasteiger partial charge in [0, 0.05) is 37.6 Å². The predicted molar refractivity (Wildman–Crippen MR) is 74.7 cm³/mol. The second-order valence-electron chi connectivity index (χ2n) is 4.30. The molecule has 19 heavy (non-hydrogen) atoms. The molecule has 5 heteroatoms. The summed E-state index contributed by atoms with van der Waals surface area (Å²) in [6.07, 6.45) is 3.97. The van der Waals surface area contributed by atoms with Crippen LogP contribution in [0.2, 0.25) is 0 Å². The van der Waals surface area contributed by atoms with E-state index in [2.05, 4.69) is 15.7 Å². The van der Waals surface area contributed by atoms with E-state index in [1.165, 1.54) is 0 Å². The third-order valence-electron chi connectivity index (χ3n) is 2.72. The van der Waals surface area contributed by atoms with Gasteiger partial charge in [-0.3, -0.25) is 9.48 Å². The van der Waals surface area contributed by atoms with Crippen LogP contribution >= 0.6 is 0 Å². The molecule has 0 saturated heterocycles. The highest BCUT2D eigenvalue weighted by molar-refractivity contribution is 5.90. The molecule has 1 aromatic carbocycles. The van der Waals surface area contributed by atoms with Gasteiger partial charge in [-0.1, -0.05) is 12.1 Å².